The molecule has 1 atom stereocenters. The molecule has 0 radical (unpaired) electrons. The number of nitrogens with one attached hydrogen (secondary N) is 1. The summed E-state index contributed by atoms with van der Waals surface area (Å²) >= 11 is 0. The number of benzene rings is 1. The molecule has 1 unspecified atom stereocenters. The maximum absolute atomic E-state index is 11.7. The van der Waals surface area contributed by atoms with Crippen LogP contribution in [0.3, 0.4) is 0 Å². The van der Waals surface area contributed by atoms with Crippen LogP contribution in [0.4, 0.5) is 11.8 Å². The smallest absolute Gasteiger partial charge is 0.224 e. The molecule has 0 saturated carbocycles. The molecule has 134 valence electrons. The fourth-order valence-electron chi connectivity index (χ4n) is 3.04. The molecule has 0 amide bonds. The van der Waals surface area contributed by atoms with E-state index in [2.05, 4.69) is 27.4 Å². The van der Waals surface area contributed by atoms with Gasteiger partial charge in [0, 0.05) is 31.4 Å². The van der Waals surface area contributed by atoms with E-state index in [9.17, 15) is 8.42 Å². The zero-order valence-electron chi connectivity index (χ0n) is 14.6. The van der Waals surface area contributed by atoms with E-state index in [0.717, 1.165) is 24.5 Å². The average molecular weight is 360 g/mol. The predicted octanol–water partition coefficient (Wildman–Crippen LogP) is 2.06. The van der Waals surface area contributed by atoms with E-state index in [1.165, 1.54) is 5.56 Å². The first kappa shape index (κ1) is 17.7. The van der Waals surface area contributed by atoms with Crippen molar-refractivity contribution < 1.29 is 8.42 Å². The number of nitrogens with zero attached hydrogens (tertiary/aromatic N) is 3. The van der Waals surface area contributed by atoms with Crippen LogP contribution in [0, 0.1) is 6.92 Å². The Hall–Kier alpha value is -2.15. The Labute approximate surface area is 149 Å². The lowest BCUT2D eigenvalue weighted by molar-refractivity contribution is 0.600. The highest BCUT2D eigenvalue weighted by atomic mass is 32.2. The summed E-state index contributed by atoms with van der Waals surface area (Å²) < 4.78 is 23.4. The van der Waals surface area contributed by atoms with Crippen LogP contribution in [0.1, 0.15) is 17.7 Å². The lowest BCUT2D eigenvalue weighted by atomic mass is 10.1. The largest absolute Gasteiger partial charge is 0.355 e. The first-order valence-electron chi connectivity index (χ1n) is 8.50. The van der Waals surface area contributed by atoms with Crippen LogP contribution in [0.25, 0.3) is 0 Å². The van der Waals surface area contributed by atoms with Crippen molar-refractivity contribution in [2.75, 3.05) is 35.3 Å². The highest BCUT2D eigenvalue weighted by Crippen LogP contribution is 2.22. The zero-order chi connectivity index (χ0) is 17.9. The van der Waals surface area contributed by atoms with Crippen molar-refractivity contribution in [2.45, 2.75) is 25.8 Å². The monoisotopic (exact) mass is 360 g/mol. The van der Waals surface area contributed by atoms with E-state index in [-0.39, 0.29) is 17.5 Å². The quantitative estimate of drug-likeness (QED) is 0.850. The summed E-state index contributed by atoms with van der Waals surface area (Å²) in [5.74, 6) is 1.80. The van der Waals surface area contributed by atoms with Gasteiger partial charge in [0.25, 0.3) is 0 Å². The summed E-state index contributed by atoms with van der Waals surface area (Å²) in [6.45, 7) is 2.67. The zero-order valence-corrected chi connectivity index (χ0v) is 15.5. The summed E-state index contributed by atoms with van der Waals surface area (Å²) in [5, 5.41) is 3.27. The van der Waals surface area contributed by atoms with Gasteiger partial charge in [-0.3, -0.25) is 0 Å². The van der Waals surface area contributed by atoms with Gasteiger partial charge in [-0.15, -0.1) is 0 Å². The molecule has 0 aliphatic carbocycles. The molecule has 1 saturated heterocycles. The topological polar surface area (TPSA) is 75.2 Å². The maximum Gasteiger partial charge on any atom is 0.224 e. The molecule has 6 nitrogen and oxygen atoms in total. The van der Waals surface area contributed by atoms with Gasteiger partial charge in [-0.25, -0.2) is 13.4 Å². The molecule has 1 aliphatic heterocycles. The first-order valence-corrected chi connectivity index (χ1v) is 10.3. The van der Waals surface area contributed by atoms with Crippen molar-refractivity contribution in [3.63, 3.8) is 0 Å². The van der Waals surface area contributed by atoms with Gasteiger partial charge in [0.1, 0.15) is 5.82 Å². The second-order valence-corrected chi connectivity index (χ2v) is 8.75. The van der Waals surface area contributed by atoms with Gasteiger partial charge in [-0.1, -0.05) is 30.3 Å². The SMILES string of the molecule is Cc1cc(N(C)C2CCS(=O)(=O)C2)nc(NCCc2ccccc2)n1. The van der Waals surface area contributed by atoms with Gasteiger partial charge in [0.15, 0.2) is 9.84 Å². The average Bonchev–Trinajstić information content (AvgIpc) is 2.94. The standard InChI is InChI=1S/C18H24N4O2S/c1-14-12-17(22(2)16-9-11-25(23,24)13-16)21-18(20-14)19-10-8-15-6-4-3-5-7-15/h3-7,12,16H,8-11,13H2,1-2H3,(H,19,20,21). The summed E-state index contributed by atoms with van der Waals surface area (Å²) in [6, 6.07) is 12.1. The van der Waals surface area contributed by atoms with Crippen LogP contribution in [-0.2, 0) is 16.3 Å². The van der Waals surface area contributed by atoms with E-state index < -0.39 is 9.84 Å². The summed E-state index contributed by atoms with van der Waals surface area (Å²) in [7, 11) is -1.01. The van der Waals surface area contributed by atoms with E-state index in [4.69, 9.17) is 0 Å². The van der Waals surface area contributed by atoms with Crippen molar-refractivity contribution >= 4 is 21.6 Å². The summed E-state index contributed by atoms with van der Waals surface area (Å²) in [4.78, 5) is 11.0. The lowest BCUT2D eigenvalue weighted by Gasteiger charge is -2.25. The Morgan fingerprint density at radius 2 is 2.00 bits per heavy atom. The number of hydrogen-bond donors (Lipinski definition) is 1. The van der Waals surface area contributed by atoms with Crippen molar-refractivity contribution in [1.29, 1.82) is 0 Å². The Kier molecular flexibility index (Phi) is 5.22. The van der Waals surface area contributed by atoms with Crippen LogP contribution in [0.5, 0.6) is 0 Å². The molecule has 2 heterocycles. The summed E-state index contributed by atoms with van der Waals surface area (Å²) in [6.07, 6.45) is 1.54. The van der Waals surface area contributed by atoms with Crippen LogP contribution in [0.2, 0.25) is 0 Å². The molecule has 0 bridgehead atoms. The van der Waals surface area contributed by atoms with E-state index in [0.29, 0.717) is 12.4 Å². The van der Waals surface area contributed by atoms with Crippen LogP contribution >= 0.6 is 0 Å². The van der Waals surface area contributed by atoms with E-state index in [1.807, 2.05) is 43.1 Å². The number of sulfone groups is 1. The second-order valence-electron chi connectivity index (χ2n) is 6.52. The molecule has 2 aromatic rings. The molecule has 7 heteroatoms. The molecule has 25 heavy (non-hydrogen) atoms. The minimum Gasteiger partial charge on any atom is -0.355 e. The van der Waals surface area contributed by atoms with E-state index >= 15 is 0 Å². The Bertz CT molecular complexity index is 824. The molecule has 0 spiro atoms. The van der Waals surface area contributed by atoms with Crippen molar-refractivity contribution in [3.8, 4) is 0 Å². The van der Waals surface area contributed by atoms with Crippen LogP contribution < -0.4 is 10.2 Å². The third-order valence-corrected chi connectivity index (χ3v) is 6.25. The third kappa shape index (κ3) is 4.69. The molecule has 1 N–H and O–H groups in total. The highest BCUT2D eigenvalue weighted by Gasteiger charge is 2.31. The van der Waals surface area contributed by atoms with Crippen LogP contribution in [-0.4, -0.2) is 49.5 Å². The van der Waals surface area contributed by atoms with Gasteiger partial charge < -0.3 is 10.2 Å². The maximum atomic E-state index is 11.7. The number of rotatable bonds is 6. The number of aromatic nitrogens is 2. The number of hydrogen-bond acceptors (Lipinski definition) is 6. The first-order chi connectivity index (χ1) is 11.9. The minimum atomic E-state index is -2.91. The van der Waals surface area contributed by atoms with Crippen LogP contribution in [0.15, 0.2) is 36.4 Å². The van der Waals surface area contributed by atoms with Gasteiger partial charge >= 0.3 is 0 Å². The second kappa shape index (κ2) is 7.39. The van der Waals surface area contributed by atoms with Gasteiger partial charge in [0.2, 0.25) is 5.95 Å². The Balaban J connectivity index is 1.66. The van der Waals surface area contributed by atoms with Gasteiger partial charge in [-0.2, -0.15) is 4.98 Å². The molecule has 1 aliphatic rings. The van der Waals surface area contributed by atoms with Crippen molar-refractivity contribution in [2.24, 2.45) is 0 Å². The Morgan fingerprint density at radius 1 is 1.24 bits per heavy atom. The normalized spacial score (nSPS) is 18.9. The van der Waals surface area contributed by atoms with Crippen molar-refractivity contribution in [3.05, 3.63) is 47.7 Å². The lowest BCUT2D eigenvalue weighted by Crippen LogP contribution is -2.33. The van der Waals surface area contributed by atoms with Gasteiger partial charge in [0.05, 0.1) is 11.5 Å². The minimum absolute atomic E-state index is 0.0172. The number of aryl methyl sites for hydroxylation is 1. The summed E-state index contributed by atoms with van der Waals surface area (Å²) in [5.41, 5.74) is 2.12. The third-order valence-electron chi connectivity index (χ3n) is 4.50. The highest BCUT2D eigenvalue weighted by molar-refractivity contribution is 7.91. The Morgan fingerprint density at radius 3 is 2.68 bits per heavy atom. The molecule has 1 aromatic carbocycles. The van der Waals surface area contributed by atoms with Gasteiger partial charge in [-0.05, 0) is 25.3 Å². The number of anilines is 2. The molecule has 1 aromatic heterocycles. The molecule has 1 fully saturated rings. The van der Waals surface area contributed by atoms with E-state index in [1.54, 1.807) is 0 Å². The molecular weight excluding hydrogens is 336 g/mol. The fraction of sp³-hybridized carbons (Fsp3) is 0.444. The molecular formula is C18H24N4O2S. The molecule has 3 rings (SSSR count). The van der Waals surface area contributed by atoms with Crippen molar-refractivity contribution in [1.82, 2.24) is 9.97 Å². The predicted molar refractivity (Wildman–Crippen MR) is 101 cm³/mol. The fourth-order valence-corrected chi connectivity index (χ4v) is 4.82.